The number of amides is 1. The molecule has 116 valence electrons. The number of likely N-dealkylation sites (tertiary alicyclic amines) is 1. The molecular formula is C13H18FN3O3S. The summed E-state index contributed by atoms with van der Waals surface area (Å²) in [5.74, 6) is -1.31. The van der Waals surface area contributed by atoms with Crippen LogP contribution in [-0.4, -0.2) is 52.5 Å². The summed E-state index contributed by atoms with van der Waals surface area (Å²) < 4.78 is 40.2. The molecule has 21 heavy (non-hydrogen) atoms. The molecule has 0 saturated carbocycles. The highest BCUT2D eigenvalue weighted by atomic mass is 32.2. The molecule has 1 heterocycles. The Balaban J connectivity index is 2.21. The number of carbonyl (C=O) groups is 1. The number of sulfonamides is 1. The van der Waals surface area contributed by atoms with Crippen molar-refractivity contribution in [2.24, 2.45) is 5.92 Å². The second-order valence-corrected chi connectivity index (χ2v) is 6.84. The molecule has 0 radical (unpaired) electrons. The fourth-order valence-corrected chi connectivity index (χ4v) is 3.77. The second kappa shape index (κ2) is 6.08. The third-order valence-electron chi connectivity index (χ3n) is 3.50. The van der Waals surface area contributed by atoms with Crippen LogP contribution in [0.15, 0.2) is 29.2 Å². The smallest absolute Gasteiger partial charge is 0.240 e. The number of halogens is 1. The molecule has 1 amide bonds. The van der Waals surface area contributed by atoms with E-state index < -0.39 is 27.8 Å². The van der Waals surface area contributed by atoms with Gasteiger partial charge in [-0.3, -0.25) is 4.79 Å². The van der Waals surface area contributed by atoms with E-state index in [1.807, 2.05) is 11.9 Å². The van der Waals surface area contributed by atoms with Crippen LogP contribution >= 0.6 is 0 Å². The SMILES string of the molecule is CNC(=O)[C@H]1CN(C)C[C@@H]1NS(=O)(=O)c1cccc(F)c1. The number of hydrogen-bond donors (Lipinski definition) is 2. The number of likely N-dealkylation sites (N-methyl/N-ethyl adjacent to an activating group) is 1. The van der Waals surface area contributed by atoms with E-state index in [1.54, 1.807) is 0 Å². The van der Waals surface area contributed by atoms with Crippen LogP contribution in [0.1, 0.15) is 0 Å². The Kier molecular flexibility index (Phi) is 4.60. The fraction of sp³-hybridized carbons (Fsp3) is 0.462. The van der Waals surface area contributed by atoms with E-state index in [0.717, 1.165) is 6.07 Å². The first-order valence-corrected chi connectivity index (χ1v) is 8.00. The van der Waals surface area contributed by atoms with Gasteiger partial charge in [-0.05, 0) is 25.2 Å². The van der Waals surface area contributed by atoms with Crippen LogP contribution in [0.4, 0.5) is 4.39 Å². The number of nitrogens with one attached hydrogen (secondary N) is 2. The Bertz CT molecular complexity index is 635. The lowest BCUT2D eigenvalue weighted by Crippen LogP contribution is -2.45. The van der Waals surface area contributed by atoms with Crippen LogP contribution in [0.3, 0.4) is 0 Å². The first-order valence-electron chi connectivity index (χ1n) is 6.51. The average molecular weight is 315 g/mol. The van der Waals surface area contributed by atoms with Crippen LogP contribution < -0.4 is 10.0 Å². The monoisotopic (exact) mass is 315 g/mol. The molecule has 1 aromatic carbocycles. The van der Waals surface area contributed by atoms with Crippen molar-refractivity contribution >= 4 is 15.9 Å². The molecule has 0 unspecified atom stereocenters. The van der Waals surface area contributed by atoms with E-state index in [2.05, 4.69) is 10.0 Å². The molecule has 0 spiro atoms. The van der Waals surface area contributed by atoms with Gasteiger partial charge in [0.05, 0.1) is 10.8 Å². The van der Waals surface area contributed by atoms with E-state index in [4.69, 9.17) is 0 Å². The van der Waals surface area contributed by atoms with E-state index in [0.29, 0.717) is 13.1 Å². The first kappa shape index (κ1) is 15.9. The van der Waals surface area contributed by atoms with Gasteiger partial charge < -0.3 is 10.2 Å². The molecule has 0 bridgehead atoms. The summed E-state index contributed by atoms with van der Waals surface area (Å²) in [5, 5.41) is 2.53. The number of carbonyl (C=O) groups excluding carboxylic acids is 1. The van der Waals surface area contributed by atoms with Gasteiger partial charge in [0.15, 0.2) is 0 Å². The maximum Gasteiger partial charge on any atom is 0.240 e. The van der Waals surface area contributed by atoms with Crippen LogP contribution in [0.2, 0.25) is 0 Å². The van der Waals surface area contributed by atoms with E-state index in [1.165, 1.54) is 25.2 Å². The minimum absolute atomic E-state index is 0.146. The fourth-order valence-electron chi connectivity index (χ4n) is 2.47. The Hall–Kier alpha value is -1.51. The van der Waals surface area contributed by atoms with Gasteiger partial charge in [0.25, 0.3) is 0 Å². The number of benzene rings is 1. The van der Waals surface area contributed by atoms with Gasteiger partial charge >= 0.3 is 0 Å². The molecule has 2 N–H and O–H groups in total. The summed E-state index contributed by atoms with van der Waals surface area (Å²) in [4.78, 5) is 13.5. The van der Waals surface area contributed by atoms with Crippen molar-refractivity contribution in [3.8, 4) is 0 Å². The highest BCUT2D eigenvalue weighted by molar-refractivity contribution is 7.89. The zero-order chi connectivity index (χ0) is 15.6. The van der Waals surface area contributed by atoms with Gasteiger partial charge in [0.2, 0.25) is 15.9 Å². The van der Waals surface area contributed by atoms with Crippen molar-refractivity contribution in [2.75, 3.05) is 27.2 Å². The minimum atomic E-state index is -3.86. The van der Waals surface area contributed by atoms with Gasteiger partial charge in [0, 0.05) is 26.2 Å². The van der Waals surface area contributed by atoms with Crippen molar-refractivity contribution in [3.63, 3.8) is 0 Å². The first-order chi connectivity index (χ1) is 9.83. The standard InChI is InChI=1S/C13H18FN3O3S/c1-15-13(18)11-7-17(2)8-12(11)16-21(19,20)10-5-3-4-9(14)6-10/h3-6,11-12,16H,7-8H2,1-2H3,(H,15,18)/t11-,12-/m0/s1. The van der Waals surface area contributed by atoms with Gasteiger partial charge in [0.1, 0.15) is 5.82 Å². The molecule has 1 aliphatic rings. The Labute approximate surface area is 123 Å². The lowest BCUT2D eigenvalue weighted by Gasteiger charge is -2.18. The molecule has 2 atom stereocenters. The van der Waals surface area contributed by atoms with Crippen molar-refractivity contribution in [2.45, 2.75) is 10.9 Å². The minimum Gasteiger partial charge on any atom is -0.359 e. The van der Waals surface area contributed by atoms with Crippen LogP contribution in [0.5, 0.6) is 0 Å². The summed E-state index contributed by atoms with van der Waals surface area (Å²) in [5.41, 5.74) is 0. The molecule has 6 nitrogen and oxygen atoms in total. The van der Waals surface area contributed by atoms with Gasteiger partial charge in [-0.1, -0.05) is 6.07 Å². The lowest BCUT2D eigenvalue weighted by molar-refractivity contribution is -0.124. The van der Waals surface area contributed by atoms with E-state index in [-0.39, 0.29) is 10.8 Å². The topological polar surface area (TPSA) is 78.5 Å². The molecule has 1 aromatic rings. The molecular weight excluding hydrogens is 297 g/mol. The maximum absolute atomic E-state index is 13.2. The molecule has 2 rings (SSSR count). The number of nitrogens with zero attached hydrogens (tertiary/aromatic N) is 1. The van der Waals surface area contributed by atoms with Crippen molar-refractivity contribution < 1.29 is 17.6 Å². The maximum atomic E-state index is 13.2. The lowest BCUT2D eigenvalue weighted by atomic mass is 10.0. The molecule has 1 aliphatic heterocycles. The molecule has 0 aromatic heterocycles. The van der Waals surface area contributed by atoms with E-state index in [9.17, 15) is 17.6 Å². The Morgan fingerprint density at radius 1 is 1.38 bits per heavy atom. The predicted octanol–water partition coefficient (Wildman–Crippen LogP) is -0.220. The normalized spacial score (nSPS) is 23.2. The highest BCUT2D eigenvalue weighted by Crippen LogP contribution is 2.19. The Morgan fingerprint density at radius 2 is 2.10 bits per heavy atom. The zero-order valence-electron chi connectivity index (χ0n) is 11.8. The molecule has 1 fully saturated rings. The number of hydrogen-bond acceptors (Lipinski definition) is 4. The molecule has 0 aliphatic carbocycles. The average Bonchev–Trinajstić information content (AvgIpc) is 2.78. The van der Waals surface area contributed by atoms with Gasteiger partial charge in [-0.25, -0.2) is 17.5 Å². The zero-order valence-corrected chi connectivity index (χ0v) is 12.7. The van der Waals surface area contributed by atoms with Crippen molar-refractivity contribution in [1.29, 1.82) is 0 Å². The third-order valence-corrected chi connectivity index (χ3v) is 4.99. The van der Waals surface area contributed by atoms with Crippen molar-refractivity contribution in [3.05, 3.63) is 30.1 Å². The second-order valence-electron chi connectivity index (χ2n) is 5.13. The largest absolute Gasteiger partial charge is 0.359 e. The van der Waals surface area contributed by atoms with Crippen molar-refractivity contribution in [1.82, 2.24) is 14.9 Å². The number of rotatable bonds is 4. The third kappa shape index (κ3) is 3.58. The summed E-state index contributed by atoms with van der Waals surface area (Å²) in [6.07, 6.45) is 0. The Morgan fingerprint density at radius 3 is 2.71 bits per heavy atom. The van der Waals surface area contributed by atoms with Gasteiger partial charge in [-0.2, -0.15) is 0 Å². The quantitative estimate of drug-likeness (QED) is 0.805. The van der Waals surface area contributed by atoms with Crippen LogP contribution in [0, 0.1) is 11.7 Å². The molecule has 8 heteroatoms. The summed E-state index contributed by atoms with van der Waals surface area (Å²) >= 11 is 0. The summed E-state index contributed by atoms with van der Waals surface area (Å²) in [7, 11) is -0.536. The van der Waals surface area contributed by atoms with Crippen LogP contribution in [0.25, 0.3) is 0 Å². The summed E-state index contributed by atoms with van der Waals surface area (Å²) in [6, 6.07) is 4.24. The molecule has 1 saturated heterocycles. The highest BCUT2D eigenvalue weighted by Gasteiger charge is 2.38. The predicted molar refractivity (Wildman–Crippen MR) is 75.6 cm³/mol. The van der Waals surface area contributed by atoms with E-state index >= 15 is 0 Å². The summed E-state index contributed by atoms with van der Waals surface area (Å²) in [6.45, 7) is 0.892. The van der Waals surface area contributed by atoms with Gasteiger partial charge in [-0.15, -0.1) is 0 Å². The van der Waals surface area contributed by atoms with Crippen LogP contribution in [-0.2, 0) is 14.8 Å².